The molecule has 33 heavy (non-hydrogen) atoms. The lowest BCUT2D eigenvalue weighted by molar-refractivity contribution is 0.402. The van der Waals surface area contributed by atoms with Crippen LogP contribution in [0.15, 0.2) is 66.7 Å². The van der Waals surface area contributed by atoms with Crippen LogP contribution in [0.1, 0.15) is 5.56 Å². The summed E-state index contributed by atoms with van der Waals surface area (Å²) < 4.78 is 0. The van der Waals surface area contributed by atoms with Crippen LogP contribution in [-0.2, 0) is 6.54 Å². The third kappa shape index (κ3) is 3.59. The van der Waals surface area contributed by atoms with Crippen molar-refractivity contribution < 1.29 is 0 Å². The Bertz CT molecular complexity index is 1580. The zero-order valence-corrected chi connectivity index (χ0v) is 19.0. The van der Waals surface area contributed by atoms with E-state index in [9.17, 15) is 0 Å². The molecule has 0 spiro atoms. The fourth-order valence-electron chi connectivity index (χ4n) is 4.17. The Morgan fingerprint density at radius 2 is 1.82 bits per heavy atom. The Kier molecular flexibility index (Phi) is 4.74. The molecule has 6 heterocycles. The van der Waals surface area contributed by atoms with Crippen molar-refractivity contribution in [3.05, 3.63) is 72.3 Å². The lowest BCUT2D eigenvalue weighted by atomic mass is 10.1. The second-order valence-corrected chi connectivity index (χ2v) is 9.27. The third-order valence-corrected chi connectivity index (χ3v) is 6.54. The van der Waals surface area contributed by atoms with Gasteiger partial charge in [0.1, 0.15) is 0 Å². The van der Waals surface area contributed by atoms with Gasteiger partial charge in [-0.1, -0.05) is 6.07 Å². The summed E-state index contributed by atoms with van der Waals surface area (Å²) in [5.74, 6) is 0. The molecule has 6 rings (SSSR count). The van der Waals surface area contributed by atoms with Crippen LogP contribution in [-0.4, -0.2) is 49.1 Å². The third-order valence-electron chi connectivity index (χ3n) is 5.64. The van der Waals surface area contributed by atoms with Crippen LogP contribution in [0.2, 0.25) is 0 Å². The number of aromatic amines is 2. The number of rotatable bonds is 5. The molecule has 0 aliphatic heterocycles. The quantitative estimate of drug-likeness (QED) is 0.369. The molecule has 2 N–H and O–H groups in total. The van der Waals surface area contributed by atoms with Gasteiger partial charge >= 0.3 is 0 Å². The van der Waals surface area contributed by atoms with E-state index < -0.39 is 0 Å². The van der Waals surface area contributed by atoms with Crippen LogP contribution >= 0.6 is 11.3 Å². The van der Waals surface area contributed by atoms with E-state index in [1.54, 1.807) is 11.3 Å². The summed E-state index contributed by atoms with van der Waals surface area (Å²) in [6.07, 6.45) is 9.42. The van der Waals surface area contributed by atoms with Crippen molar-refractivity contribution in [2.24, 2.45) is 0 Å². The fourth-order valence-corrected chi connectivity index (χ4v) is 4.92. The van der Waals surface area contributed by atoms with Crippen LogP contribution in [0, 0.1) is 0 Å². The van der Waals surface area contributed by atoms with E-state index in [1.807, 2.05) is 31.0 Å². The fraction of sp³-hybridized carbons (Fsp3) is 0.120. The minimum absolute atomic E-state index is 0.682. The molecule has 0 aliphatic carbocycles. The van der Waals surface area contributed by atoms with E-state index in [0.29, 0.717) is 5.65 Å². The monoisotopic (exact) mass is 451 g/mol. The summed E-state index contributed by atoms with van der Waals surface area (Å²) in [5, 5.41) is 11.8. The maximum absolute atomic E-state index is 4.60. The van der Waals surface area contributed by atoms with E-state index in [2.05, 4.69) is 84.8 Å². The number of thiophene rings is 1. The Morgan fingerprint density at radius 3 is 2.67 bits per heavy atom. The van der Waals surface area contributed by atoms with E-state index in [0.717, 1.165) is 56.5 Å². The SMILES string of the molecule is CN(C)Cc1cncc(-c2cnc3n[nH]c(-c4cc5c(-c6cccs6)cncc5[nH]4)c3c2)c1. The van der Waals surface area contributed by atoms with Gasteiger partial charge in [0.05, 0.1) is 23.1 Å². The molecule has 0 saturated carbocycles. The van der Waals surface area contributed by atoms with E-state index in [4.69, 9.17) is 0 Å². The minimum atomic E-state index is 0.682. The lowest BCUT2D eigenvalue weighted by Crippen LogP contribution is -2.10. The molecule has 0 aliphatic rings. The first kappa shape index (κ1) is 19.8. The second kappa shape index (κ2) is 7.91. The van der Waals surface area contributed by atoms with Crippen molar-refractivity contribution >= 4 is 33.3 Å². The molecule has 0 bridgehead atoms. The summed E-state index contributed by atoms with van der Waals surface area (Å²) in [6, 6.07) is 10.6. The molecular formula is C25H21N7S. The first-order chi connectivity index (χ1) is 16.2. The van der Waals surface area contributed by atoms with Gasteiger partial charge in [-0.15, -0.1) is 11.3 Å². The Balaban J connectivity index is 1.45. The van der Waals surface area contributed by atoms with Crippen molar-refractivity contribution in [1.82, 2.24) is 35.0 Å². The Morgan fingerprint density at radius 1 is 0.939 bits per heavy atom. The molecule has 0 radical (unpaired) electrons. The van der Waals surface area contributed by atoms with E-state index in [-0.39, 0.29) is 0 Å². The van der Waals surface area contributed by atoms with E-state index >= 15 is 0 Å². The molecule has 6 aromatic rings. The first-order valence-corrected chi connectivity index (χ1v) is 11.5. The molecule has 7 nitrogen and oxygen atoms in total. The smallest absolute Gasteiger partial charge is 0.181 e. The van der Waals surface area contributed by atoms with Gasteiger partial charge in [0.15, 0.2) is 5.65 Å². The van der Waals surface area contributed by atoms with Gasteiger partial charge in [0.25, 0.3) is 0 Å². The topological polar surface area (TPSA) is 86.4 Å². The number of hydrogen-bond acceptors (Lipinski definition) is 6. The number of pyridine rings is 3. The molecular weight excluding hydrogens is 430 g/mol. The van der Waals surface area contributed by atoms with Crippen LogP contribution in [0.25, 0.3) is 54.9 Å². The average Bonchev–Trinajstić information content (AvgIpc) is 3.57. The number of fused-ring (bicyclic) bond motifs is 2. The highest BCUT2D eigenvalue weighted by atomic mass is 32.1. The molecule has 0 unspecified atom stereocenters. The van der Waals surface area contributed by atoms with Gasteiger partial charge in [-0.25, -0.2) is 4.98 Å². The van der Waals surface area contributed by atoms with Crippen molar-refractivity contribution in [1.29, 1.82) is 0 Å². The summed E-state index contributed by atoms with van der Waals surface area (Å²) in [5.41, 5.74) is 7.87. The van der Waals surface area contributed by atoms with Gasteiger partial charge in [0, 0.05) is 63.7 Å². The summed E-state index contributed by atoms with van der Waals surface area (Å²) in [6.45, 7) is 0.836. The zero-order valence-electron chi connectivity index (χ0n) is 18.2. The maximum Gasteiger partial charge on any atom is 0.181 e. The van der Waals surface area contributed by atoms with Gasteiger partial charge in [0.2, 0.25) is 0 Å². The molecule has 162 valence electrons. The van der Waals surface area contributed by atoms with Gasteiger partial charge < -0.3 is 9.88 Å². The molecule has 0 atom stereocenters. The highest BCUT2D eigenvalue weighted by Crippen LogP contribution is 2.35. The molecule has 6 aromatic heterocycles. The van der Waals surface area contributed by atoms with Crippen molar-refractivity contribution in [2.75, 3.05) is 14.1 Å². The Hall–Kier alpha value is -3.88. The van der Waals surface area contributed by atoms with Crippen molar-refractivity contribution in [3.8, 4) is 33.0 Å². The Labute approximate surface area is 194 Å². The van der Waals surface area contributed by atoms with Crippen LogP contribution in [0.5, 0.6) is 0 Å². The van der Waals surface area contributed by atoms with Crippen molar-refractivity contribution in [2.45, 2.75) is 6.54 Å². The van der Waals surface area contributed by atoms with Gasteiger partial charge in [-0.2, -0.15) is 5.10 Å². The number of nitrogens with zero attached hydrogens (tertiary/aromatic N) is 5. The highest BCUT2D eigenvalue weighted by molar-refractivity contribution is 7.13. The molecule has 0 aromatic carbocycles. The standard InChI is InChI=1S/C25H21N7S/c1-32(2)14-15-6-16(10-26-9-15)17-7-19-24(30-31-25(19)28-11-17)21-8-18-20(23-4-3-5-33-23)12-27-13-22(18)29-21/h3-13,29H,14H2,1-2H3,(H,28,30,31). The van der Waals surface area contributed by atoms with Crippen LogP contribution in [0.4, 0.5) is 0 Å². The number of aromatic nitrogens is 6. The van der Waals surface area contributed by atoms with Crippen molar-refractivity contribution in [3.63, 3.8) is 0 Å². The second-order valence-electron chi connectivity index (χ2n) is 8.32. The predicted octanol–water partition coefficient (Wildman–Crippen LogP) is 5.35. The molecule has 0 amide bonds. The maximum atomic E-state index is 4.60. The highest BCUT2D eigenvalue weighted by Gasteiger charge is 2.15. The summed E-state index contributed by atoms with van der Waals surface area (Å²) in [7, 11) is 4.11. The summed E-state index contributed by atoms with van der Waals surface area (Å²) >= 11 is 1.71. The zero-order chi connectivity index (χ0) is 22.4. The average molecular weight is 452 g/mol. The van der Waals surface area contributed by atoms with Crippen LogP contribution in [0.3, 0.4) is 0 Å². The van der Waals surface area contributed by atoms with Gasteiger partial charge in [-0.3, -0.25) is 15.1 Å². The number of hydrogen-bond donors (Lipinski definition) is 2. The molecule has 0 fully saturated rings. The molecule has 0 saturated heterocycles. The van der Waals surface area contributed by atoms with Crippen LogP contribution < -0.4 is 0 Å². The number of H-pyrrole nitrogens is 2. The minimum Gasteiger partial charge on any atom is -0.352 e. The first-order valence-electron chi connectivity index (χ1n) is 10.6. The summed E-state index contributed by atoms with van der Waals surface area (Å²) in [4.78, 5) is 20.3. The lowest BCUT2D eigenvalue weighted by Gasteiger charge is -2.10. The van der Waals surface area contributed by atoms with E-state index in [1.165, 1.54) is 4.88 Å². The molecule has 8 heteroatoms. The predicted molar refractivity (Wildman–Crippen MR) is 133 cm³/mol. The largest absolute Gasteiger partial charge is 0.352 e. The normalized spacial score (nSPS) is 11.7. The van der Waals surface area contributed by atoms with Gasteiger partial charge in [-0.05, 0) is 49.3 Å². The number of nitrogens with one attached hydrogen (secondary N) is 2.